The molecule has 1 heterocycles. The Hall–Kier alpha value is -0.120. The van der Waals surface area contributed by atoms with Gasteiger partial charge in [0, 0.05) is 26.4 Å². The van der Waals surface area contributed by atoms with Crippen molar-refractivity contribution in [3.05, 3.63) is 0 Å². The second-order valence-electron chi connectivity index (χ2n) is 5.06. The lowest BCUT2D eigenvalue weighted by Gasteiger charge is -2.38. The van der Waals surface area contributed by atoms with Crippen molar-refractivity contribution in [2.45, 2.75) is 51.7 Å². The van der Waals surface area contributed by atoms with Crippen LogP contribution in [0.4, 0.5) is 0 Å². The lowest BCUT2D eigenvalue weighted by molar-refractivity contribution is -0.0295. The first-order valence-electron chi connectivity index (χ1n) is 6.50. The molecule has 0 aromatic heterocycles. The van der Waals surface area contributed by atoms with E-state index in [-0.39, 0.29) is 5.60 Å². The van der Waals surface area contributed by atoms with E-state index in [4.69, 9.17) is 9.47 Å². The highest BCUT2D eigenvalue weighted by atomic mass is 16.5. The molecule has 0 aromatic carbocycles. The van der Waals surface area contributed by atoms with Crippen LogP contribution in [0.25, 0.3) is 0 Å². The van der Waals surface area contributed by atoms with Crippen molar-refractivity contribution in [2.75, 3.05) is 26.9 Å². The molecule has 1 aliphatic rings. The molecule has 0 bridgehead atoms. The highest BCUT2D eigenvalue weighted by Crippen LogP contribution is 2.33. The third kappa shape index (κ3) is 3.44. The maximum absolute atomic E-state index is 5.95. The van der Waals surface area contributed by atoms with Gasteiger partial charge in [-0.15, -0.1) is 0 Å². The van der Waals surface area contributed by atoms with Crippen LogP contribution in [0.5, 0.6) is 0 Å². The zero-order valence-electron chi connectivity index (χ0n) is 11.2. The standard InChI is InChI=1S/C13H27NO2/c1-5-14-12(11(2)7-10-15-4)13(3)8-6-9-16-13/h11-12,14H,5-10H2,1-4H3. The van der Waals surface area contributed by atoms with Gasteiger partial charge in [0.25, 0.3) is 0 Å². The normalized spacial score (nSPS) is 29.2. The molecular weight excluding hydrogens is 202 g/mol. The van der Waals surface area contributed by atoms with Crippen LogP contribution >= 0.6 is 0 Å². The minimum atomic E-state index is 0.0170. The Balaban J connectivity index is 2.57. The summed E-state index contributed by atoms with van der Waals surface area (Å²) in [5, 5.41) is 3.59. The Bertz CT molecular complexity index is 190. The van der Waals surface area contributed by atoms with Crippen LogP contribution in [-0.4, -0.2) is 38.5 Å². The molecule has 3 nitrogen and oxygen atoms in total. The second kappa shape index (κ2) is 6.58. The number of nitrogens with one attached hydrogen (secondary N) is 1. The Labute approximate surface area is 99.9 Å². The Morgan fingerprint density at radius 1 is 1.50 bits per heavy atom. The first kappa shape index (κ1) is 13.9. The monoisotopic (exact) mass is 229 g/mol. The van der Waals surface area contributed by atoms with Gasteiger partial charge in [-0.05, 0) is 38.6 Å². The molecule has 0 amide bonds. The van der Waals surface area contributed by atoms with Crippen molar-refractivity contribution < 1.29 is 9.47 Å². The highest BCUT2D eigenvalue weighted by molar-refractivity contribution is 4.95. The van der Waals surface area contributed by atoms with Crippen molar-refractivity contribution in [3.63, 3.8) is 0 Å². The molecule has 0 spiro atoms. The van der Waals surface area contributed by atoms with E-state index < -0.39 is 0 Å². The predicted molar refractivity (Wildman–Crippen MR) is 66.7 cm³/mol. The fourth-order valence-corrected chi connectivity index (χ4v) is 2.76. The molecule has 1 aliphatic heterocycles. The van der Waals surface area contributed by atoms with Crippen molar-refractivity contribution in [3.8, 4) is 0 Å². The van der Waals surface area contributed by atoms with Crippen LogP contribution < -0.4 is 5.32 Å². The van der Waals surface area contributed by atoms with E-state index in [0.29, 0.717) is 12.0 Å². The molecule has 0 aliphatic carbocycles. The van der Waals surface area contributed by atoms with Crippen molar-refractivity contribution in [1.29, 1.82) is 0 Å². The fraction of sp³-hybridized carbons (Fsp3) is 1.00. The summed E-state index contributed by atoms with van der Waals surface area (Å²) in [4.78, 5) is 0. The summed E-state index contributed by atoms with van der Waals surface area (Å²) in [6, 6.07) is 0.440. The van der Waals surface area contributed by atoms with Gasteiger partial charge in [-0.2, -0.15) is 0 Å². The van der Waals surface area contributed by atoms with E-state index in [0.717, 1.165) is 26.2 Å². The molecule has 1 fully saturated rings. The van der Waals surface area contributed by atoms with E-state index in [1.54, 1.807) is 7.11 Å². The zero-order chi connectivity index (χ0) is 12.0. The van der Waals surface area contributed by atoms with Gasteiger partial charge in [-0.1, -0.05) is 13.8 Å². The quantitative estimate of drug-likeness (QED) is 0.726. The van der Waals surface area contributed by atoms with Gasteiger partial charge < -0.3 is 14.8 Å². The molecule has 1 saturated heterocycles. The second-order valence-corrected chi connectivity index (χ2v) is 5.06. The molecule has 1 rings (SSSR count). The van der Waals surface area contributed by atoms with Crippen LogP contribution in [0.3, 0.4) is 0 Å². The minimum absolute atomic E-state index is 0.0170. The maximum Gasteiger partial charge on any atom is 0.0810 e. The van der Waals surface area contributed by atoms with Gasteiger partial charge in [-0.3, -0.25) is 0 Å². The van der Waals surface area contributed by atoms with Crippen LogP contribution in [-0.2, 0) is 9.47 Å². The Kier molecular flexibility index (Phi) is 5.73. The van der Waals surface area contributed by atoms with E-state index in [2.05, 4.69) is 26.1 Å². The SMILES string of the molecule is CCNC(C(C)CCOC)C1(C)CCCO1. The van der Waals surface area contributed by atoms with Crippen molar-refractivity contribution in [2.24, 2.45) is 5.92 Å². The molecular formula is C13H27NO2. The van der Waals surface area contributed by atoms with Crippen LogP contribution in [0, 0.1) is 5.92 Å². The molecule has 1 N–H and O–H groups in total. The Morgan fingerprint density at radius 3 is 2.75 bits per heavy atom. The zero-order valence-corrected chi connectivity index (χ0v) is 11.2. The van der Waals surface area contributed by atoms with E-state index in [1.807, 2.05) is 0 Å². The van der Waals surface area contributed by atoms with Crippen molar-refractivity contribution >= 4 is 0 Å². The lowest BCUT2D eigenvalue weighted by atomic mass is 9.83. The van der Waals surface area contributed by atoms with Gasteiger partial charge in [0.2, 0.25) is 0 Å². The highest BCUT2D eigenvalue weighted by Gasteiger charge is 2.40. The third-order valence-electron chi connectivity index (χ3n) is 3.68. The van der Waals surface area contributed by atoms with Gasteiger partial charge >= 0.3 is 0 Å². The molecule has 3 heteroatoms. The molecule has 0 radical (unpaired) electrons. The van der Waals surface area contributed by atoms with Gasteiger partial charge in [0.05, 0.1) is 5.60 Å². The van der Waals surface area contributed by atoms with Gasteiger partial charge in [-0.25, -0.2) is 0 Å². The number of rotatable bonds is 7. The van der Waals surface area contributed by atoms with Gasteiger partial charge in [0.1, 0.15) is 0 Å². The largest absolute Gasteiger partial charge is 0.385 e. The number of likely N-dealkylation sites (N-methyl/N-ethyl adjacent to an activating group) is 1. The lowest BCUT2D eigenvalue weighted by Crippen LogP contribution is -2.52. The average Bonchev–Trinajstić information content (AvgIpc) is 2.70. The molecule has 96 valence electrons. The summed E-state index contributed by atoms with van der Waals surface area (Å²) in [5.41, 5.74) is 0.0170. The maximum atomic E-state index is 5.95. The van der Waals surface area contributed by atoms with Crippen LogP contribution in [0.15, 0.2) is 0 Å². The van der Waals surface area contributed by atoms with Gasteiger partial charge in [0.15, 0.2) is 0 Å². The predicted octanol–water partition coefficient (Wildman–Crippen LogP) is 2.21. The number of hydrogen-bond acceptors (Lipinski definition) is 3. The first-order chi connectivity index (χ1) is 7.64. The molecule has 3 unspecified atom stereocenters. The van der Waals surface area contributed by atoms with Crippen LogP contribution in [0.2, 0.25) is 0 Å². The smallest absolute Gasteiger partial charge is 0.0810 e. The molecule has 0 saturated carbocycles. The molecule has 0 aromatic rings. The topological polar surface area (TPSA) is 30.5 Å². The fourth-order valence-electron chi connectivity index (χ4n) is 2.76. The summed E-state index contributed by atoms with van der Waals surface area (Å²) in [6.07, 6.45) is 3.45. The van der Waals surface area contributed by atoms with E-state index in [1.165, 1.54) is 12.8 Å². The number of ether oxygens (including phenoxy) is 2. The van der Waals surface area contributed by atoms with E-state index in [9.17, 15) is 0 Å². The van der Waals surface area contributed by atoms with E-state index >= 15 is 0 Å². The minimum Gasteiger partial charge on any atom is -0.385 e. The summed E-state index contributed by atoms with van der Waals surface area (Å²) in [6.45, 7) is 9.44. The first-order valence-corrected chi connectivity index (χ1v) is 6.50. The number of methoxy groups -OCH3 is 1. The Morgan fingerprint density at radius 2 is 2.25 bits per heavy atom. The average molecular weight is 229 g/mol. The summed E-state index contributed by atoms with van der Waals surface area (Å²) < 4.78 is 11.1. The summed E-state index contributed by atoms with van der Waals surface area (Å²) in [7, 11) is 1.77. The summed E-state index contributed by atoms with van der Waals surface area (Å²) >= 11 is 0. The third-order valence-corrected chi connectivity index (χ3v) is 3.68. The van der Waals surface area contributed by atoms with Crippen molar-refractivity contribution in [1.82, 2.24) is 5.32 Å². The van der Waals surface area contributed by atoms with Crippen LogP contribution in [0.1, 0.15) is 40.0 Å². The summed E-state index contributed by atoms with van der Waals surface area (Å²) in [5.74, 6) is 0.586. The number of hydrogen-bond donors (Lipinski definition) is 1. The molecule has 3 atom stereocenters. The molecule has 16 heavy (non-hydrogen) atoms.